The molecular weight excluding hydrogens is 481 g/mol. The Morgan fingerprint density at radius 3 is 1.59 bits per heavy atom. The summed E-state index contributed by atoms with van der Waals surface area (Å²) < 4.78 is 0. The summed E-state index contributed by atoms with van der Waals surface area (Å²) in [4.78, 5) is 14.5. The van der Waals surface area contributed by atoms with Crippen molar-refractivity contribution in [1.82, 2.24) is 9.97 Å². The van der Waals surface area contributed by atoms with Crippen LogP contribution in [0.1, 0.15) is 17.8 Å². The van der Waals surface area contributed by atoms with E-state index < -0.39 is 0 Å². The Morgan fingerprint density at radius 2 is 1.03 bits per heavy atom. The van der Waals surface area contributed by atoms with Gasteiger partial charge in [0, 0.05) is 17.5 Å². The molecule has 1 aliphatic heterocycles. The fourth-order valence-electron chi connectivity index (χ4n) is 3.47. The Labute approximate surface area is 202 Å². The van der Waals surface area contributed by atoms with E-state index in [4.69, 9.17) is 35.2 Å². The number of rotatable bonds is 4. The summed E-state index contributed by atoms with van der Waals surface area (Å²) in [5, 5.41) is 0. The summed E-state index contributed by atoms with van der Waals surface area (Å²) in [5.74, 6) is 0. The van der Waals surface area contributed by atoms with Crippen molar-refractivity contribution in [2.24, 2.45) is 4.99 Å². The van der Waals surface area contributed by atoms with Gasteiger partial charge in [-0.1, -0.05) is 78.9 Å². The van der Waals surface area contributed by atoms with Crippen LogP contribution < -0.4 is 0 Å². The van der Waals surface area contributed by atoms with E-state index in [1.54, 1.807) is 0 Å². The first kappa shape index (κ1) is 22.4. The molecule has 2 aromatic heterocycles. The molecule has 0 amide bonds. The second-order valence-corrected chi connectivity index (χ2v) is 8.77. The number of allylic oxidation sites excluding steroid dienone is 1. The van der Waals surface area contributed by atoms with Gasteiger partial charge in [-0.05, 0) is 24.3 Å². The number of benzene rings is 2. The molecule has 6 heteroatoms. The second-order valence-electron chi connectivity index (χ2n) is 6.95. The molecule has 0 spiro atoms. The molecule has 3 nitrogen and oxygen atoms in total. The zero-order valence-electron chi connectivity index (χ0n) is 17.0. The second kappa shape index (κ2) is 11.2. The Kier molecular flexibility index (Phi) is 7.87. The van der Waals surface area contributed by atoms with Crippen molar-refractivity contribution in [1.29, 1.82) is 0 Å². The summed E-state index contributed by atoms with van der Waals surface area (Å²) in [5.41, 5.74) is 7.82. The number of hydrogen-bond donors (Lipinski definition) is 0. The van der Waals surface area contributed by atoms with Gasteiger partial charge >= 0.3 is 33.3 Å². The van der Waals surface area contributed by atoms with E-state index in [2.05, 4.69) is 30.3 Å². The predicted octanol–water partition coefficient (Wildman–Crippen LogP) is 7.42. The molecule has 0 unspecified atom stereocenters. The van der Waals surface area contributed by atoms with Crippen LogP contribution in [0.3, 0.4) is 0 Å². The number of aliphatic imine (C=N–C) groups is 1. The minimum absolute atomic E-state index is 0.194. The molecule has 1 aliphatic rings. The van der Waals surface area contributed by atoms with E-state index in [1.807, 2.05) is 72.8 Å². The number of pyridine rings is 2. The molecule has 0 saturated carbocycles. The maximum absolute atomic E-state index is 4.85. The van der Waals surface area contributed by atoms with Crippen molar-refractivity contribution >= 4 is 31.6 Å². The first-order valence-electron chi connectivity index (χ1n) is 9.97. The molecule has 0 radical (unpaired) electrons. The number of halogens is 2. The number of aromatic nitrogens is 2. The summed E-state index contributed by atoms with van der Waals surface area (Å²) in [6, 6.07) is 32.6. The van der Waals surface area contributed by atoms with Crippen molar-refractivity contribution in [3.63, 3.8) is 0 Å². The molecule has 0 atom stereocenters. The fraction of sp³-hybridized carbons (Fsp3) is 0.0385. The van der Waals surface area contributed by atoms with Crippen LogP contribution in [0.15, 0.2) is 108 Å². The Balaban J connectivity index is 0.000000775. The summed E-state index contributed by atoms with van der Waals surface area (Å²) in [6.45, 7) is 0. The third-order valence-corrected chi connectivity index (χ3v) is 4.94. The van der Waals surface area contributed by atoms with Crippen LogP contribution in [-0.2, 0) is 13.1 Å². The maximum atomic E-state index is 4.85. The van der Waals surface area contributed by atoms with Crippen LogP contribution in [0.4, 0.5) is 0 Å². The SMILES string of the molecule is C1=C(c2cccc(-c3ccccc3)n2)N=C(c2cccc(-c3ccccc3)n2)C1.[Cl][Fe][Cl]. The fourth-order valence-corrected chi connectivity index (χ4v) is 3.47. The normalized spacial score (nSPS) is 12.6. The molecule has 2 aromatic carbocycles. The zero-order valence-corrected chi connectivity index (χ0v) is 19.6. The molecule has 0 bridgehead atoms. The van der Waals surface area contributed by atoms with Crippen molar-refractivity contribution in [2.45, 2.75) is 6.42 Å². The third-order valence-electron chi connectivity index (χ3n) is 4.94. The van der Waals surface area contributed by atoms with Crippen molar-refractivity contribution < 1.29 is 13.1 Å². The zero-order chi connectivity index (χ0) is 22.2. The minimum atomic E-state index is 0.194. The molecule has 0 fully saturated rings. The van der Waals surface area contributed by atoms with Crippen LogP contribution >= 0.6 is 20.2 Å². The van der Waals surface area contributed by atoms with E-state index in [0.717, 1.165) is 51.7 Å². The summed E-state index contributed by atoms with van der Waals surface area (Å²) >= 11 is 0.194. The molecule has 4 aromatic rings. The van der Waals surface area contributed by atoms with Crippen LogP contribution in [0.5, 0.6) is 0 Å². The Hall–Kier alpha value is -2.75. The van der Waals surface area contributed by atoms with Crippen molar-refractivity contribution in [3.8, 4) is 22.5 Å². The van der Waals surface area contributed by atoms with E-state index in [-0.39, 0.29) is 13.1 Å². The van der Waals surface area contributed by atoms with Gasteiger partial charge in [-0.3, -0.25) is 0 Å². The van der Waals surface area contributed by atoms with Crippen molar-refractivity contribution in [3.05, 3.63) is 115 Å². The number of nitrogens with zero attached hydrogens (tertiary/aromatic N) is 3. The van der Waals surface area contributed by atoms with Gasteiger partial charge in [-0.25, -0.2) is 15.0 Å². The monoisotopic (exact) mass is 499 g/mol. The number of hydrogen-bond acceptors (Lipinski definition) is 3. The van der Waals surface area contributed by atoms with Gasteiger partial charge in [-0.15, -0.1) is 0 Å². The van der Waals surface area contributed by atoms with Gasteiger partial charge in [0.05, 0.1) is 34.2 Å². The Bertz CT molecular complexity index is 1240. The molecule has 32 heavy (non-hydrogen) atoms. The summed E-state index contributed by atoms with van der Waals surface area (Å²) in [6.07, 6.45) is 2.89. The van der Waals surface area contributed by atoms with Crippen LogP contribution in [-0.4, -0.2) is 15.7 Å². The van der Waals surface area contributed by atoms with E-state index >= 15 is 0 Å². The average Bonchev–Trinajstić information content (AvgIpc) is 3.36. The van der Waals surface area contributed by atoms with Gasteiger partial charge in [0.1, 0.15) is 0 Å². The van der Waals surface area contributed by atoms with Crippen LogP contribution in [0.25, 0.3) is 28.2 Å². The van der Waals surface area contributed by atoms with E-state index in [9.17, 15) is 0 Å². The van der Waals surface area contributed by atoms with Crippen LogP contribution in [0, 0.1) is 0 Å². The van der Waals surface area contributed by atoms with Gasteiger partial charge in [0.2, 0.25) is 0 Å². The first-order chi connectivity index (χ1) is 15.8. The van der Waals surface area contributed by atoms with E-state index in [1.165, 1.54) is 0 Å². The van der Waals surface area contributed by atoms with Gasteiger partial charge < -0.3 is 0 Å². The Morgan fingerprint density at radius 1 is 0.562 bits per heavy atom. The third kappa shape index (κ3) is 5.53. The molecule has 0 saturated heterocycles. The predicted molar refractivity (Wildman–Crippen MR) is 130 cm³/mol. The van der Waals surface area contributed by atoms with Gasteiger partial charge in [0.15, 0.2) is 0 Å². The molecule has 0 aliphatic carbocycles. The van der Waals surface area contributed by atoms with E-state index in [0.29, 0.717) is 0 Å². The topological polar surface area (TPSA) is 38.1 Å². The molecule has 160 valence electrons. The van der Waals surface area contributed by atoms with Gasteiger partial charge in [-0.2, -0.15) is 0 Å². The van der Waals surface area contributed by atoms with Crippen molar-refractivity contribution in [2.75, 3.05) is 0 Å². The first-order valence-corrected chi connectivity index (χ1v) is 13.0. The molecule has 0 N–H and O–H groups in total. The summed E-state index contributed by atoms with van der Waals surface area (Å²) in [7, 11) is 9.53. The van der Waals surface area contributed by atoms with Crippen LogP contribution in [0.2, 0.25) is 0 Å². The molecule has 3 heterocycles. The molecular formula is C26H19Cl2FeN3. The molecule has 5 rings (SSSR count). The standard InChI is InChI=1S/C26H19N3.2ClH.Fe/c1-3-9-19(10-4-1)21-13-7-15-23(27-21)25-17-18-26(29-25)24-16-8-14-22(28-24)20-11-5-2-6-12-20;;;/h1-17H,18H2;2*1H;/q;;;+2/p-2. The average molecular weight is 500 g/mol. The van der Waals surface area contributed by atoms with Gasteiger partial charge in [0.25, 0.3) is 0 Å². The quantitative estimate of drug-likeness (QED) is 0.274.